The van der Waals surface area contributed by atoms with E-state index in [1.54, 1.807) is 13.2 Å². The van der Waals surface area contributed by atoms with Crippen molar-refractivity contribution in [1.82, 2.24) is 10.3 Å². The van der Waals surface area contributed by atoms with Crippen LogP contribution in [-0.2, 0) is 16.0 Å². The van der Waals surface area contributed by atoms with Crippen LogP contribution >= 0.6 is 11.6 Å². The van der Waals surface area contributed by atoms with Gasteiger partial charge in [-0.2, -0.15) is 0 Å². The van der Waals surface area contributed by atoms with Crippen LogP contribution in [0.4, 0.5) is 5.69 Å². The minimum Gasteiger partial charge on any atom is -0.377 e. The molecule has 5 nitrogen and oxygen atoms in total. The summed E-state index contributed by atoms with van der Waals surface area (Å²) in [6.07, 6.45) is 2.28. The largest absolute Gasteiger partial charge is 0.377 e. The lowest BCUT2D eigenvalue weighted by molar-refractivity contribution is -0.126. The Hall–Kier alpha value is -1.33. The molecule has 0 aromatic carbocycles. The molecule has 3 rings (SSSR count). The second kappa shape index (κ2) is 4.98. The summed E-state index contributed by atoms with van der Waals surface area (Å²) in [7, 11) is 1.67. The first kappa shape index (κ1) is 12.7. The molecule has 0 saturated carbocycles. The van der Waals surface area contributed by atoms with Gasteiger partial charge in [0, 0.05) is 26.2 Å². The van der Waals surface area contributed by atoms with Crippen LogP contribution in [0.5, 0.6) is 0 Å². The molecule has 1 aromatic heterocycles. The highest BCUT2D eigenvalue weighted by molar-refractivity contribution is 6.30. The van der Waals surface area contributed by atoms with E-state index in [4.69, 9.17) is 16.3 Å². The maximum Gasteiger partial charge on any atom is 0.225 e. The molecule has 2 aliphatic rings. The highest BCUT2D eigenvalue weighted by Gasteiger charge is 2.40. The van der Waals surface area contributed by atoms with Gasteiger partial charge in [0.25, 0.3) is 0 Å². The maximum atomic E-state index is 12.1. The zero-order valence-corrected chi connectivity index (χ0v) is 11.5. The number of carbonyl (C=O) groups is 1. The molecule has 0 aliphatic carbocycles. The van der Waals surface area contributed by atoms with E-state index in [9.17, 15) is 4.79 Å². The van der Waals surface area contributed by atoms with Crippen molar-refractivity contribution in [1.29, 1.82) is 0 Å². The third kappa shape index (κ3) is 2.17. The van der Waals surface area contributed by atoms with E-state index in [1.165, 1.54) is 0 Å². The van der Waals surface area contributed by atoms with Crippen LogP contribution in [-0.4, -0.2) is 43.7 Å². The molecule has 0 bridgehead atoms. The zero-order chi connectivity index (χ0) is 13.4. The molecule has 1 amide bonds. The summed E-state index contributed by atoms with van der Waals surface area (Å²) in [5, 5.41) is 3.36. The van der Waals surface area contributed by atoms with Crippen LogP contribution < -0.4 is 10.2 Å². The zero-order valence-electron chi connectivity index (χ0n) is 10.7. The number of nitrogens with zero attached hydrogens (tertiary/aromatic N) is 2. The Kier molecular flexibility index (Phi) is 3.33. The number of nitrogens with one attached hydrogen (secondary N) is 1. The molecule has 19 heavy (non-hydrogen) atoms. The van der Waals surface area contributed by atoms with Gasteiger partial charge in [-0.15, -0.1) is 0 Å². The number of amides is 1. The molecule has 102 valence electrons. The van der Waals surface area contributed by atoms with Crippen molar-refractivity contribution in [3.63, 3.8) is 0 Å². The van der Waals surface area contributed by atoms with Crippen LogP contribution in [0.3, 0.4) is 0 Å². The smallest absolute Gasteiger partial charge is 0.225 e. The van der Waals surface area contributed by atoms with Crippen LogP contribution in [0.1, 0.15) is 5.69 Å². The molecular formula is C13H16ClN3O2. The first-order valence-electron chi connectivity index (χ1n) is 6.41. The first-order valence-corrected chi connectivity index (χ1v) is 6.79. The van der Waals surface area contributed by atoms with E-state index < -0.39 is 0 Å². The third-order valence-corrected chi connectivity index (χ3v) is 4.06. The van der Waals surface area contributed by atoms with Crippen molar-refractivity contribution in [2.75, 3.05) is 31.7 Å². The maximum absolute atomic E-state index is 12.1. The molecule has 0 spiro atoms. The second-order valence-corrected chi connectivity index (χ2v) is 5.32. The number of morpholine rings is 1. The monoisotopic (exact) mass is 281 g/mol. The van der Waals surface area contributed by atoms with Crippen molar-refractivity contribution in [2.24, 2.45) is 5.92 Å². The number of hydrogen-bond acceptors (Lipinski definition) is 4. The number of halogens is 1. The van der Waals surface area contributed by atoms with Gasteiger partial charge in [0.05, 0.1) is 41.6 Å². The number of aromatic nitrogens is 1. The fraction of sp³-hybridized carbons (Fsp3) is 0.538. The fourth-order valence-electron chi connectivity index (χ4n) is 2.92. The Labute approximate surface area is 116 Å². The van der Waals surface area contributed by atoms with E-state index in [0.29, 0.717) is 24.7 Å². The van der Waals surface area contributed by atoms with E-state index >= 15 is 0 Å². The lowest BCUT2D eigenvalue weighted by Crippen LogP contribution is -2.56. The van der Waals surface area contributed by atoms with E-state index in [-0.39, 0.29) is 17.9 Å². The van der Waals surface area contributed by atoms with Crippen molar-refractivity contribution in [3.8, 4) is 0 Å². The molecule has 0 radical (unpaired) electrons. The Morgan fingerprint density at radius 1 is 1.63 bits per heavy atom. The van der Waals surface area contributed by atoms with Crippen molar-refractivity contribution >= 4 is 23.2 Å². The van der Waals surface area contributed by atoms with Gasteiger partial charge in [-0.1, -0.05) is 11.6 Å². The predicted molar refractivity (Wildman–Crippen MR) is 72.5 cm³/mol. The lowest BCUT2D eigenvalue weighted by atomic mass is 9.87. The quantitative estimate of drug-likeness (QED) is 0.830. The van der Waals surface area contributed by atoms with E-state index in [1.807, 2.05) is 6.07 Å². The van der Waals surface area contributed by atoms with Gasteiger partial charge in [-0.3, -0.25) is 9.78 Å². The average molecular weight is 282 g/mol. The summed E-state index contributed by atoms with van der Waals surface area (Å²) in [4.78, 5) is 18.6. The predicted octanol–water partition coefficient (Wildman–Crippen LogP) is 0.858. The molecule has 2 aliphatic heterocycles. The molecule has 1 aromatic rings. The molecule has 3 heterocycles. The second-order valence-electron chi connectivity index (χ2n) is 4.88. The Morgan fingerprint density at radius 3 is 3.26 bits per heavy atom. The number of carbonyl (C=O) groups excluding carboxylic acids is 1. The molecule has 1 fully saturated rings. The minimum atomic E-state index is -0.119. The number of rotatable bonds is 1. The van der Waals surface area contributed by atoms with E-state index in [2.05, 4.69) is 15.2 Å². The fourth-order valence-corrected chi connectivity index (χ4v) is 3.07. The van der Waals surface area contributed by atoms with Crippen molar-refractivity contribution in [3.05, 3.63) is 23.0 Å². The topological polar surface area (TPSA) is 54.5 Å². The van der Waals surface area contributed by atoms with Gasteiger partial charge in [0.15, 0.2) is 0 Å². The Morgan fingerprint density at radius 2 is 2.47 bits per heavy atom. The summed E-state index contributed by atoms with van der Waals surface area (Å²) in [5.74, 6) is -0.0747. The number of pyridine rings is 1. The number of fused-ring (bicyclic) bond motifs is 3. The molecule has 1 saturated heterocycles. The standard InChI is InChI=1S/C13H16ClN3O2/c1-15-13(18)9-5-10-11(4-8(14)6-16-10)17-2-3-19-7-12(9)17/h4,6,9,12H,2-3,5,7H2,1H3,(H,15,18)/t9-,12-/m1/s1. The molecule has 0 unspecified atom stereocenters. The average Bonchev–Trinajstić information content (AvgIpc) is 2.46. The molecular weight excluding hydrogens is 266 g/mol. The van der Waals surface area contributed by atoms with Crippen molar-refractivity contribution < 1.29 is 9.53 Å². The van der Waals surface area contributed by atoms with Gasteiger partial charge < -0.3 is 15.0 Å². The van der Waals surface area contributed by atoms with Gasteiger partial charge in [0.1, 0.15) is 0 Å². The van der Waals surface area contributed by atoms with Gasteiger partial charge in [-0.25, -0.2) is 0 Å². The Bertz CT molecular complexity index is 509. The van der Waals surface area contributed by atoms with Gasteiger partial charge in [0.2, 0.25) is 5.91 Å². The number of hydrogen-bond donors (Lipinski definition) is 1. The highest BCUT2D eigenvalue weighted by atomic mass is 35.5. The van der Waals surface area contributed by atoms with Crippen LogP contribution in [0.15, 0.2) is 12.3 Å². The van der Waals surface area contributed by atoms with E-state index in [0.717, 1.165) is 17.9 Å². The van der Waals surface area contributed by atoms with Crippen LogP contribution in [0, 0.1) is 5.92 Å². The third-order valence-electron chi connectivity index (χ3n) is 3.85. The summed E-state index contributed by atoms with van der Waals surface area (Å²) in [6, 6.07) is 2.00. The lowest BCUT2D eigenvalue weighted by Gasteiger charge is -2.44. The first-order chi connectivity index (χ1) is 9.20. The number of ether oxygens (including phenoxy) is 1. The Balaban J connectivity index is 2.01. The highest BCUT2D eigenvalue weighted by Crippen LogP contribution is 2.35. The van der Waals surface area contributed by atoms with Crippen molar-refractivity contribution in [2.45, 2.75) is 12.5 Å². The summed E-state index contributed by atoms with van der Waals surface area (Å²) in [5.41, 5.74) is 1.98. The molecule has 6 heteroatoms. The number of anilines is 1. The summed E-state index contributed by atoms with van der Waals surface area (Å²) in [6.45, 7) is 2.01. The van der Waals surface area contributed by atoms with Crippen LogP contribution in [0.2, 0.25) is 5.02 Å². The van der Waals surface area contributed by atoms with Gasteiger partial charge >= 0.3 is 0 Å². The van der Waals surface area contributed by atoms with Gasteiger partial charge in [-0.05, 0) is 6.07 Å². The molecule has 1 N–H and O–H groups in total. The van der Waals surface area contributed by atoms with Crippen LogP contribution in [0.25, 0.3) is 0 Å². The summed E-state index contributed by atoms with van der Waals surface area (Å²) >= 11 is 6.03. The normalized spacial score (nSPS) is 25.5. The SMILES string of the molecule is CNC(=O)[C@@H]1Cc2ncc(Cl)cc2N2CCOC[C@H]12. The minimum absolute atomic E-state index is 0.0444. The molecule has 2 atom stereocenters. The summed E-state index contributed by atoms with van der Waals surface area (Å²) < 4.78 is 5.53.